The summed E-state index contributed by atoms with van der Waals surface area (Å²) in [6.07, 6.45) is 73.7. The smallest absolute Gasteiger partial charge is 0.306 e. The third-order valence-corrected chi connectivity index (χ3v) is 16.2. The van der Waals surface area contributed by atoms with Crippen molar-refractivity contribution in [1.29, 1.82) is 0 Å². The predicted octanol–water partition coefficient (Wildman–Crippen LogP) is 20.6. The van der Waals surface area contributed by atoms with Crippen LogP contribution >= 0.6 is 7.82 Å². The van der Waals surface area contributed by atoms with E-state index in [0.717, 1.165) is 70.6 Å². The Kier molecular flexibility index (Phi) is 57.6. The summed E-state index contributed by atoms with van der Waals surface area (Å²) >= 11 is 0. The number of nitrogens with zero attached hydrogens (tertiary/aromatic N) is 1. The number of rotatable bonds is 62. The minimum absolute atomic E-state index is 0.0204. The molecule has 0 aliphatic heterocycles. The van der Waals surface area contributed by atoms with E-state index in [9.17, 15) is 19.0 Å². The topological polar surface area (TPSA) is 114 Å². The largest absolute Gasteiger partial charge is 0.756 e. The molecule has 464 valence electrons. The molecule has 1 N–H and O–H groups in total. The third kappa shape index (κ3) is 60.4. The third-order valence-electron chi connectivity index (χ3n) is 15.3. The highest BCUT2D eigenvalue weighted by molar-refractivity contribution is 7.45. The number of amides is 1. The molecule has 0 aromatic rings. The van der Waals surface area contributed by atoms with E-state index in [0.29, 0.717) is 17.4 Å². The molecule has 9 nitrogen and oxygen atoms in total. The van der Waals surface area contributed by atoms with E-state index >= 15 is 0 Å². The molecule has 0 radical (unpaired) electrons. The van der Waals surface area contributed by atoms with Gasteiger partial charge in [0.25, 0.3) is 7.82 Å². The maximum absolute atomic E-state index is 13.6. The molecule has 0 rings (SSSR count). The summed E-state index contributed by atoms with van der Waals surface area (Å²) < 4.78 is 30.4. The number of nitrogens with one attached hydrogen (secondary N) is 1. The second-order valence-corrected chi connectivity index (χ2v) is 25.7. The van der Waals surface area contributed by atoms with Crippen LogP contribution in [0.15, 0.2) is 48.6 Å². The molecule has 0 saturated carbocycles. The highest BCUT2D eigenvalue weighted by Crippen LogP contribution is 2.38. The van der Waals surface area contributed by atoms with E-state index < -0.39 is 20.0 Å². The molecule has 3 atom stereocenters. The van der Waals surface area contributed by atoms with Crippen LogP contribution in [0.1, 0.15) is 329 Å². The number of unbranched alkanes of at least 4 members (excludes halogenated alkanes) is 40. The van der Waals surface area contributed by atoms with E-state index in [1.807, 2.05) is 33.3 Å². The van der Waals surface area contributed by atoms with Gasteiger partial charge in [0.2, 0.25) is 5.91 Å². The van der Waals surface area contributed by atoms with Crippen molar-refractivity contribution < 1.29 is 37.3 Å². The number of likely N-dealkylation sites (N-methyl/N-ethyl adjacent to an activating group) is 1. The Bertz CT molecular complexity index is 1490. The van der Waals surface area contributed by atoms with E-state index in [2.05, 4.69) is 62.5 Å². The van der Waals surface area contributed by atoms with Crippen LogP contribution < -0.4 is 10.2 Å². The summed E-state index contributed by atoms with van der Waals surface area (Å²) in [4.78, 5) is 40.0. The first-order chi connectivity index (χ1) is 38.4. The van der Waals surface area contributed by atoms with Crippen molar-refractivity contribution in [3.63, 3.8) is 0 Å². The molecule has 10 heteroatoms. The highest BCUT2D eigenvalue weighted by atomic mass is 31.2. The lowest BCUT2D eigenvalue weighted by Gasteiger charge is -2.30. The zero-order chi connectivity index (χ0) is 57.9. The van der Waals surface area contributed by atoms with Gasteiger partial charge in [0.15, 0.2) is 0 Å². The van der Waals surface area contributed by atoms with Crippen LogP contribution in [-0.2, 0) is 27.9 Å². The van der Waals surface area contributed by atoms with Crippen molar-refractivity contribution in [2.75, 3.05) is 40.9 Å². The molecule has 3 unspecified atom stereocenters. The molecule has 0 bridgehead atoms. The van der Waals surface area contributed by atoms with Crippen LogP contribution in [-0.4, -0.2) is 69.4 Å². The lowest BCUT2D eigenvalue weighted by Crippen LogP contribution is -2.47. The molecule has 0 aromatic carbocycles. The molecule has 79 heavy (non-hydrogen) atoms. The second-order valence-electron chi connectivity index (χ2n) is 24.3. The Morgan fingerprint density at radius 3 is 1.18 bits per heavy atom. The zero-order valence-corrected chi connectivity index (χ0v) is 54.0. The lowest BCUT2D eigenvalue weighted by atomic mass is 10.0. The summed E-state index contributed by atoms with van der Waals surface area (Å²) in [6.45, 7) is 6.85. The van der Waals surface area contributed by atoms with Crippen molar-refractivity contribution >= 4 is 19.7 Å². The Hall–Kier alpha value is -2.03. The number of hydrogen-bond acceptors (Lipinski definition) is 7. The average Bonchev–Trinajstić information content (AvgIpc) is 3.41. The minimum Gasteiger partial charge on any atom is -0.756 e. The van der Waals surface area contributed by atoms with E-state index in [1.165, 1.54) is 225 Å². The first kappa shape index (κ1) is 77.0. The molecule has 0 aliphatic rings. The number of phosphoric ester groups is 1. The van der Waals surface area contributed by atoms with Crippen LogP contribution in [0, 0.1) is 0 Å². The number of quaternary nitrogens is 1. The first-order valence-electron chi connectivity index (χ1n) is 33.9. The molecule has 0 heterocycles. The van der Waals surface area contributed by atoms with Crippen molar-refractivity contribution in [3.05, 3.63) is 48.6 Å². The van der Waals surface area contributed by atoms with E-state index in [1.54, 1.807) is 0 Å². The van der Waals surface area contributed by atoms with Crippen LogP contribution in [0.3, 0.4) is 0 Å². The normalized spacial score (nSPS) is 13.9. The van der Waals surface area contributed by atoms with Gasteiger partial charge in [-0.3, -0.25) is 14.2 Å². The minimum atomic E-state index is -4.70. The van der Waals surface area contributed by atoms with Gasteiger partial charge in [0.05, 0.1) is 33.8 Å². The maximum Gasteiger partial charge on any atom is 0.306 e. The molecule has 0 aromatic heterocycles. The Balaban J connectivity index is 4.98. The van der Waals surface area contributed by atoms with Crippen LogP contribution in [0.25, 0.3) is 0 Å². The Labute approximate surface area is 490 Å². The van der Waals surface area contributed by atoms with Gasteiger partial charge in [-0.25, -0.2) is 0 Å². The monoisotopic (exact) mass is 1130 g/mol. The van der Waals surface area contributed by atoms with Gasteiger partial charge in [-0.2, -0.15) is 0 Å². The van der Waals surface area contributed by atoms with Gasteiger partial charge in [-0.15, -0.1) is 0 Å². The predicted molar refractivity (Wildman–Crippen MR) is 339 cm³/mol. The number of carbonyl (C=O) groups is 2. The number of phosphoric acid groups is 1. The molecule has 0 aliphatic carbocycles. The van der Waals surface area contributed by atoms with E-state index in [-0.39, 0.29) is 31.5 Å². The summed E-state index contributed by atoms with van der Waals surface area (Å²) in [6, 6.07) is -0.885. The maximum atomic E-state index is 13.6. The Morgan fingerprint density at radius 1 is 0.443 bits per heavy atom. The number of allylic oxidation sites excluding steroid dienone is 7. The highest BCUT2D eigenvalue weighted by Gasteiger charge is 2.27. The summed E-state index contributed by atoms with van der Waals surface area (Å²) in [7, 11) is 1.20. The molecular formula is C69H131N2O7P. The average molecular weight is 1130 g/mol. The van der Waals surface area contributed by atoms with Gasteiger partial charge >= 0.3 is 5.97 Å². The van der Waals surface area contributed by atoms with Crippen LogP contribution in [0.5, 0.6) is 0 Å². The van der Waals surface area contributed by atoms with Gasteiger partial charge < -0.3 is 28.5 Å². The SMILES string of the molecule is CCCCC/C=C\C/C=C\C/C=C\CCCCCCCCCCCCCCCCC(=O)NC(COP(=O)([O-])OCC[N+](C)(C)C)C(/C=C\CCCCCCCCCCC)OC(=O)CCCCCCCCCCCCCCCCC. The molecule has 0 saturated heterocycles. The van der Waals surface area contributed by atoms with Gasteiger partial charge in [-0.1, -0.05) is 294 Å². The summed E-state index contributed by atoms with van der Waals surface area (Å²) in [5, 5.41) is 3.04. The number of hydrogen-bond donors (Lipinski definition) is 1. The molecule has 1 amide bonds. The zero-order valence-electron chi connectivity index (χ0n) is 53.1. The van der Waals surface area contributed by atoms with Gasteiger partial charge in [-0.05, 0) is 70.3 Å². The van der Waals surface area contributed by atoms with Crippen molar-refractivity contribution in [2.24, 2.45) is 0 Å². The first-order valence-corrected chi connectivity index (χ1v) is 35.4. The van der Waals surface area contributed by atoms with Crippen molar-refractivity contribution in [2.45, 2.75) is 341 Å². The lowest BCUT2D eigenvalue weighted by molar-refractivity contribution is -0.870. The standard InChI is InChI=1S/C69H131N2O7P/c1-7-10-13-16-19-22-25-27-29-30-31-32-33-34-35-36-37-38-39-40-42-43-46-49-52-55-58-61-68(72)70-66(65-77-79(74,75)76-64-63-71(4,5)6)67(60-57-54-51-48-45-24-21-18-15-12-9-3)78-69(73)62-59-56-53-50-47-44-41-28-26-23-20-17-14-11-8-2/h19,22,27,29,31-32,57,60,66-67H,7-18,20-21,23-26,28,30,33-56,58-59,61-65H2,1-6H3,(H-,70,72,74,75)/b22-19-,29-27-,32-31-,60-57-. The van der Waals surface area contributed by atoms with E-state index in [4.69, 9.17) is 13.8 Å². The fourth-order valence-corrected chi connectivity index (χ4v) is 10.7. The van der Waals surface area contributed by atoms with Crippen LogP contribution in [0.4, 0.5) is 0 Å². The molecule has 0 spiro atoms. The van der Waals surface area contributed by atoms with Crippen molar-refractivity contribution in [3.8, 4) is 0 Å². The summed E-state index contributed by atoms with van der Waals surface area (Å²) in [5.41, 5.74) is 0. The van der Waals surface area contributed by atoms with Gasteiger partial charge in [0, 0.05) is 12.8 Å². The Morgan fingerprint density at radius 2 is 0.772 bits per heavy atom. The number of esters is 1. The van der Waals surface area contributed by atoms with Gasteiger partial charge in [0.1, 0.15) is 19.3 Å². The molecule has 0 fully saturated rings. The molecular weight excluding hydrogens is 1000 g/mol. The number of ether oxygens (including phenoxy) is 1. The number of carbonyl (C=O) groups excluding carboxylic acids is 2. The quantitative estimate of drug-likeness (QED) is 0.0212. The fourth-order valence-electron chi connectivity index (χ4n) is 10.0. The van der Waals surface area contributed by atoms with Crippen molar-refractivity contribution in [1.82, 2.24) is 5.32 Å². The summed E-state index contributed by atoms with van der Waals surface area (Å²) in [5.74, 6) is -0.527. The second kappa shape index (κ2) is 59.1. The van der Waals surface area contributed by atoms with Crippen LogP contribution in [0.2, 0.25) is 0 Å². The fraction of sp³-hybridized carbons (Fsp3) is 0.855.